The molecular weight excluding hydrogens is 515 g/mol. The number of carbonyl (C=O) groups is 1. The van der Waals surface area contributed by atoms with Crippen molar-refractivity contribution < 1.29 is 27.6 Å². The summed E-state index contributed by atoms with van der Waals surface area (Å²) in [5, 5.41) is 19.8. The molecule has 0 fully saturated rings. The lowest BCUT2D eigenvalue weighted by Crippen LogP contribution is -2.36. The molecule has 2 N–H and O–H groups in total. The Hall–Kier alpha value is -4.32. The highest BCUT2D eigenvalue weighted by atomic mass is 19.4. The summed E-state index contributed by atoms with van der Waals surface area (Å²) in [5.41, 5.74) is -0.572. The summed E-state index contributed by atoms with van der Waals surface area (Å²) in [5.74, 6) is -0.121. The van der Waals surface area contributed by atoms with E-state index in [1.165, 1.54) is 41.1 Å². The standard InChI is InChI=1S/C27H26F3N5O4/c1-26(2,27(28,29)30)20-9-7-18(8-10-20)23-32-25(39-34-23)21-11-12-22(37)35(33-21)16-17-5-3-6-19(15-17)24(38)31-13-4-14-36/h3,5-12,15,36H,4,13-14,16H2,1-2H3,(H,31,38). The zero-order valence-electron chi connectivity index (χ0n) is 21.2. The summed E-state index contributed by atoms with van der Waals surface area (Å²) >= 11 is 0. The van der Waals surface area contributed by atoms with Crippen LogP contribution < -0.4 is 10.9 Å². The van der Waals surface area contributed by atoms with Crippen LogP contribution in [0.5, 0.6) is 0 Å². The maximum Gasteiger partial charge on any atom is 0.397 e. The molecule has 0 aliphatic rings. The van der Waals surface area contributed by atoms with Gasteiger partial charge in [-0.15, -0.1) is 0 Å². The van der Waals surface area contributed by atoms with Crippen molar-refractivity contribution in [2.24, 2.45) is 0 Å². The Morgan fingerprint density at radius 1 is 1.08 bits per heavy atom. The van der Waals surface area contributed by atoms with E-state index in [0.717, 1.165) is 13.8 Å². The van der Waals surface area contributed by atoms with Crippen LogP contribution >= 0.6 is 0 Å². The van der Waals surface area contributed by atoms with Gasteiger partial charge in [0.25, 0.3) is 17.4 Å². The Kier molecular flexibility index (Phi) is 7.95. The number of nitrogens with zero attached hydrogens (tertiary/aromatic N) is 4. The van der Waals surface area contributed by atoms with E-state index in [4.69, 9.17) is 9.63 Å². The molecule has 0 atom stereocenters. The molecule has 2 aromatic heterocycles. The fourth-order valence-electron chi connectivity index (χ4n) is 3.69. The molecule has 12 heteroatoms. The van der Waals surface area contributed by atoms with E-state index in [1.807, 2.05) is 0 Å². The number of nitrogens with one attached hydrogen (secondary N) is 1. The van der Waals surface area contributed by atoms with Gasteiger partial charge in [0.05, 0.1) is 12.0 Å². The smallest absolute Gasteiger partial charge is 0.396 e. The van der Waals surface area contributed by atoms with E-state index in [0.29, 0.717) is 29.7 Å². The van der Waals surface area contributed by atoms with Gasteiger partial charge < -0.3 is 14.9 Å². The first-order valence-corrected chi connectivity index (χ1v) is 12.1. The molecule has 2 aromatic carbocycles. The Labute approximate surface area is 221 Å². The van der Waals surface area contributed by atoms with Crippen molar-refractivity contribution in [2.45, 2.75) is 38.4 Å². The minimum absolute atomic E-state index is 0.0236. The third kappa shape index (κ3) is 6.23. The molecule has 39 heavy (non-hydrogen) atoms. The second-order valence-corrected chi connectivity index (χ2v) is 9.37. The molecule has 0 aliphatic heterocycles. The fourth-order valence-corrected chi connectivity index (χ4v) is 3.69. The predicted octanol–water partition coefficient (Wildman–Crippen LogP) is 3.96. The Morgan fingerprint density at radius 3 is 2.51 bits per heavy atom. The molecule has 204 valence electrons. The Bertz CT molecular complexity index is 1510. The van der Waals surface area contributed by atoms with Gasteiger partial charge in [0.15, 0.2) is 0 Å². The number of aliphatic hydroxyl groups is 1. The monoisotopic (exact) mass is 541 g/mol. The van der Waals surface area contributed by atoms with E-state index >= 15 is 0 Å². The quantitative estimate of drug-likeness (QED) is 0.308. The molecule has 0 spiro atoms. The first kappa shape index (κ1) is 27.7. The molecule has 9 nitrogen and oxygen atoms in total. The Morgan fingerprint density at radius 2 is 1.82 bits per heavy atom. The van der Waals surface area contributed by atoms with Crippen LogP contribution in [0.2, 0.25) is 0 Å². The second-order valence-electron chi connectivity index (χ2n) is 9.37. The third-order valence-corrected chi connectivity index (χ3v) is 6.23. The minimum atomic E-state index is -4.41. The average molecular weight is 542 g/mol. The molecule has 4 rings (SSSR count). The maximum absolute atomic E-state index is 13.3. The van der Waals surface area contributed by atoms with Crippen molar-refractivity contribution in [1.29, 1.82) is 0 Å². The predicted molar refractivity (Wildman–Crippen MR) is 136 cm³/mol. The summed E-state index contributed by atoms with van der Waals surface area (Å²) in [6.07, 6.45) is -3.97. The fraction of sp³-hybridized carbons (Fsp3) is 0.296. The van der Waals surface area contributed by atoms with Gasteiger partial charge in [-0.25, -0.2) is 4.68 Å². The summed E-state index contributed by atoms with van der Waals surface area (Å²) in [6.45, 7) is 2.60. The van der Waals surface area contributed by atoms with Crippen molar-refractivity contribution in [2.75, 3.05) is 13.2 Å². The van der Waals surface area contributed by atoms with Crippen LogP contribution in [-0.2, 0) is 12.0 Å². The van der Waals surface area contributed by atoms with Crippen molar-refractivity contribution >= 4 is 5.91 Å². The van der Waals surface area contributed by atoms with Crippen LogP contribution in [0, 0.1) is 0 Å². The van der Waals surface area contributed by atoms with Gasteiger partial charge >= 0.3 is 6.18 Å². The zero-order chi connectivity index (χ0) is 28.2. The molecule has 0 aliphatic carbocycles. The first-order valence-electron chi connectivity index (χ1n) is 12.1. The lowest BCUT2D eigenvalue weighted by atomic mass is 9.83. The third-order valence-electron chi connectivity index (χ3n) is 6.23. The summed E-state index contributed by atoms with van der Waals surface area (Å²) in [7, 11) is 0. The number of benzene rings is 2. The van der Waals surface area contributed by atoms with Crippen LogP contribution in [0.1, 0.15) is 41.8 Å². The SMILES string of the molecule is CC(C)(c1ccc(-c2noc(-c3ccc(=O)n(Cc4cccc(C(=O)NCCCO)c4)n3)n2)cc1)C(F)(F)F. The van der Waals surface area contributed by atoms with E-state index < -0.39 is 11.6 Å². The van der Waals surface area contributed by atoms with Crippen LogP contribution in [-0.4, -0.2) is 50.3 Å². The van der Waals surface area contributed by atoms with E-state index in [9.17, 15) is 22.8 Å². The van der Waals surface area contributed by atoms with Crippen molar-refractivity contribution in [3.8, 4) is 23.0 Å². The lowest BCUT2D eigenvalue weighted by molar-refractivity contribution is -0.180. The van der Waals surface area contributed by atoms with Gasteiger partial charge in [-0.1, -0.05) is 41.6 Å². The van der Waals surface area contributed by atoms with Crippen LogP contribution in [0.25, 0.3) is 23.0 Å². The topological polar surface area (TPSA) is 123 Å². The number of aliphatic hydroxyl groups excluding tert-OH is 1. The highest BCUT2D eigenvalue weighted by molar-refractivity contribution is 5.94. The highest BCUT2D eigenvalue weighted by Crippen LogP contribution is 2.40. The van der Waals surface area contributed by atoms with E-state index in [2.05, 4.69) is 20.6 Å². The molecule has 1 amide bonds. The van der Waals surface area contributed by atoms with Crippen molar-refractivity contribution in [3.63, 3.8) is 0 Å². The maximum atomic E-state index is 13.3. The van der Waals surface area contributed by atoms with Gasteiger partial charge in [-0.3, -0.25) is 9.59 Å². The molecule has 2 heterocycles. The van der Waals surface area contributed by atoms with Crippen molar-refractivity contribution in [3.05, 3.63) is 87.7 Å². The number of aromatic nitrogens is 4. The van der Waals surface area contributed by atoms with Gasteiger partial charge in [-0.05, 0) is 49.6 Å². The van der Waals surface area contributed by atoms with E-state index in [1.54, 1.807) is 24.3 Å². The summed E-state index contributed by atoms with van der Waals surface area (Å²) < 4.78 is 46.5. The number of hydrogen-bond donors (Lipinski definition) is 2. The van der Waals surface area contributed by atoms with Crippen LogP contribution in [0.4, 0.5) is 13.2 Å². The molecule has 0 saturated carbocycles. The van der Waals surface area contributed by atoms with Crippen LogP contribution in [0.15, 0.2) is 70.0 Å². The zero-order valence-corrected chi connectivity index (χ0v) is 21.2. The molecule has 4 aromatic rings. The van der Waals surface area contributed by atoms with E-state index in [-0.39, 0.29) is 47.6 Å². The number of amides is 1. The molecule has 0 unspecified atom stereocenters. The first-order chi connectivity index (χ1) is 18.5. The highest BCUT2D eigenvalue weighted by Gasteiger charge is 2.48. The molecule has 0 bridgehead atoms. The largest absolute Gasteiger partial charge is 0.397 e. The molecule has 0 saturated heterocycles. The average Bonchev–Trinajstić information content (AvgIpc) is 3.40. The van der Waals surface area contributed by atoms with Gasteiger partial charge in [-0.2, -0.15) is 23.3 Å². The Balaban J connectivity index is 1.53. The van der Waals surface area contributed by atoms with Crippen LogP contribution in [0.3, 0.4) is 0 Å². The molecular formula is C27H26F3N5O4. The van der Waals surface area contributed by atoms with Gasteiger partial charge in [0.1, 0.15) is 5.69 Å². The number of carbonyl (C=O) groups excluding carboxylic acids is 1. The summed E-state index contributed by atoms with van der Waals surface area (Å²) in [4.78, 5) is 29.1. The summed E-state index contributed by atoms with van der Waals surface area (Å²) in [6, 6.07) is 15.2. The van der Waals surface area contributed by atoms with Gasteiger partial charge in [0, 0.05) is 30.3 Å². The van der Waals surface area contributed by atoms with Gasteiger partial charge in [0.2, 0.25) is 5.82 Å². The molecule has 0 radical (unpaired) electrons. The lowest BCUT2D eigenvalue weighted by Gasteiger charge is -2.28. The number of alkyl halides is 3. The number of hydrogen-bond acceptors (Lipinski definition) is 7. The number of rotatable bonds is 9. The second kappa shape index (κ2) is 11.2. The van der Waals surface area contributed by atoms with Crippen molar-refractivity contribution in [1.82, 2.24) is 25.2 Å². The number of halogens is 3. The minimum Gasteiger partial charge on any atom is -0.396 e. The normalized spacial score (nSPS) is 11.9.